The van der Waals surface area contributed by atoms with Crippen molar-refractivity contribution in [1.82, 2.24) is 0 Å². The molecule has 2 N–H and O–H groups in total. The van der Waals surface area contributed by atoms with Crippen LogP contribution in [0.4, 0.5) is 0 Å². The number of methoxy groups -OCH3 is 1. The molecule has 0 fully saturated rings. The Morgan fingerprint density at radius 1 is 1.50 bits per heavy atom. The van der Waals surface area contributed by atoms with Gasteiger partial charge in [-0.05, 0) is 11.8 Å². The van der Waals surface area contributed by atoms with E-state index in [4.69, 9.17) is 5.73 Å². The number of hydrogen-bond donors (Lipinski definition) is 1. The highest BCUT2D eigenvalue weighted by molar-refractivity contribution is 5.85. The number of halogens is 1. The van der Waals surface area contributed by atoms with E-state index in [1.54, 1.807) is 0 Å². The summed E-state index contributed by atoms with van der Waals surface area (Å²) in [6.45, 7) is 6.11. The molecule has 0 amide bonds. The molecule has 0 bridgehead atoms. The highest BCUT2D eigenvalue weighted by atomic mass is 35.5. The van der Waals surface area contributed by atoms with Gasteiger partial charge in [0.15, 0.2) is 0 Å². The van der Waals surface area contributed by atoms with Crippen LogP contribution in [0.25, 0.3) is 0 Å². The van der Waals surface area contributed by atoms with Gasteiger partial charge in [-0.2, -0.15) is 0 Å². The lowest BCUT2D eigenvalue weighted by Gasteiger charge is -2.21. The van der Waals surface area contributed by atoms with Crippen LogP contribution in [0.5, 0.6) is 0 Å². The molecule has 4 heteroatoms. The van der Waals surface area contributed by atoms with Crippen molar-refractivity contribution in [2.45, 2.75) is 33.2 Å². The van der Waals surface area contributed by atoms with Crippen LogP contribution in [0.2, 0.25) is 0 Å². The molecule has 0 heterocycles. The van der Waals surface area contributed by atoms with Crippen molar-refractivity contribution in [3.05, 3.63) is 0 Å². The second-order valence-corrected chi connectivity index (χ2v) is 3.89. The Labute approximate surface area is 80.1 Å². The minimum absolute atomic E-state index is 0. The van der Waals surface area contributed by atoms with Gasteiger partial charge in [-0.25, -0.2) is 0 Å². The second kappa shape index (κ2) is 5.38. The average molecular weight is 196 g/mol. The summed E-state index contributed by atoms with van der Waals surface area (Å²) in [7, 11) is 1.35. The smallest absolute Gasteiger partial charge is 0.322 e. The molecule has 0 saturated carbocycles. The first kappa shape index (κ1) is 14.3. The van der Waals surface area contributed by atoms with Gasteiger partial charge in [0, 0.05) is 0 Å². The molecular formula is C8H18ClNO2. The Bertz CT molecular complexity index is 142. The lowest BCUT2D eigenvalue weighted by atomic mass is 9.88. The maximum absolute atomic E-state index is 10.8. The first-order valence-electron chi connectivity index (χ1n) is 3.70. The SMILES string of the molecule is COC(=O)[C@@H](N)CC(C)(C)C.Cl. The molecule has 12 heavy (non-hydrogen) atoms. The van der Waals surface area contributed by atoms with Crippen LogP contribution >= 0.6 is 12.4 Å². The number of carbonyl (C=O) groups excluding carboxylic acids is 1. The molecule has 0 spiro atoms. The minimum atomic E-state index is -0.486. The minimum Gasteiger partial charge on any atom is -0.468 e. The highest BCUT2D eigenvalue weighted by Crippen LogP contribution is 2.19. The number of rotatable bonds is 2. The lowest BCUT2D eigenvalue weighted by molar-refractivity contribution is -0.142. The number of esters is 1. The van der Waals surface area contributed by atoms with Gasteiger partial charge in [-0.3, -0.25) is 4.79 Å². The van der Waals surface area contributed by atoms with Gasteiger partial charge in [-0.15, -0.1) is 12.4 Å². The Hall–Kier alpha value is -0.280. The van der Waals surface area contributed by atoms with E-state index in [-0.39, 0.29) is 23.8 Å². The molecule has 0 saturated heterocycles. The van der Waals surface area contributed by atoms with E-state index >= 15 is 0 Å². The van der Waals surface area contributed by atoms with Crippen LogP contribution in [0.15, 0.2) is 0 Å². The van der Waals surface area contributed by atoms with E-state index in [1.807, 2.05) is 20.8 Å². The Balaban J connectivity index is 0. The van der Waals surface area contributed by atoms with Gasteiger partial charge in [0.2, 0.25) is 0 Å². The number of nitrogens with two attached hydrogens (primary N) is 1. The normalized spacial score (nSPS) is 13.1. The fourth-order valence-electron chi connectivity index (χ4n) is 0.894. The molecule has 0 aromatic heterocycles. The zero-order chi connectivity index (χ0) is 9.07. The van der Waals surface area contributed by atoms with E-state index in [1.165, 1.54) is 7.11 Å². The molecule has 0 aromatic carbocycles. The summed E-state index contributed by atoms with van der Waals surface area (Å²) in [6.07, 6.45) is 0.652. The molecule has 0 radical (unpaired) electrons. The summed E-state index contributed by atoms with van der Waals surface area (Å²) in [6, 6.07) is -0.486. The summed E-state index contributed by atoms with van der Waals surface area (Å²) in [5.74, 6) is -0.333. The third kappa shape index (κ3) is 6.43. The molecule has 0 unspecified atom stereocenters. The summed E-state index contributed by atoms with van der Waals surface area (Å²) in [4.78, 5) is 10.8. The molecule has 0 aliphatic rings. The van der Waals surface area contributed by atoms with Gasteiger partial charge in [0.25, 0.3) is 0 Å². The van der Waals surface area contributed by atoms with E-state index in [9.17, 15) is 4.79 Å². The molecule has 0 rings (SSSR count). The predicted octanol–water partition coefficient (Wildman–Crippen LogP) is 1.34. The second-order valence-electron chi connectivity index (χ2n) is 3.89. The van der Waals surface area contributed by atoms with Crippen molar-refractivity contribution >= 4 is 18.4 Å². The number of ether oxygens (including phenoxy) is 1. The largest absolute Gasteiger partial charge is 0.468 e. The monoisotopic (exact) mass is 195 g/mol. The maximum atomic E-state index is 10.8. The van der Waals surface area contributed by atoms with Crippen LogP contribution in [0, 0.1) is 5.41 Å². The third-order valence-electron chi connectivity index (χ3n) is 1.34. The number of carbonyl (C=O) groups is 1. The van der Waals surface area contributed by atoms with Crippen LogP contribution < -0.4 is 5.73 Å². The first-order chi connectivity index (χ1) is 4.87. The quantitative estimate of drug-likeness (QED) is 0.677. The van der Waals surface area contributed by atoms with Crippen molar-refractivity contribution in [2.24, 2.45) is 11.1 Å². The molecule has 0 aromatic rings. The van der Waals surface area contributed by atoms with Gasteiger partial charge >= 0.3 is 5.97 Å². The topological polar surface area (TPSA) is 52.3 Å². The van der Waals surface area contributed by atoms with Crippen molar-refractivity contribution in [3.63, 3.8) is 0 Å². The van der Waals surface area contributed by atoms with Gasteiger partial charge < -0.3 is 10.5 Å². The van der Waals surface area contributed by atoms with Gasteiger partial charge in [0.05, 0.1) is 7.11 Å². The van der Waals surface area contributed by atoms with E-state index in [2.05, 4.69) is 4.74 Å². The summed E-state index contributed by atoms with van der Waals surface area (Å²) in [5, 5.41) is 0. The first-order valence-corrected chi connectivity index (χ1v) is 3.70. The van der Waals surface area contributed by atoms with E-state index in [0.29, 0.717) is 6.42 Å². The van der Waals surface area contributed by atoms with E-state index in [0.717, 1.165) is 0 Å². The fraction of sp³-hybridized carbons (Fsp3) is 0.875. The van der Waals surface area contributed by atoms with E-state index < -0.39 is 6.04 Å². The van der Waals surface area contributed by atoms with Crippen molar-refractivity contribution in [2.75, 3.05) is 7.11 Å². The predicted molar refractivity (Wildman–Crippen MR) is 51.3 cm³/mol. The van der Waals surface area contributed by atoms with Gasteiger partial charge in [0.1, 0.15) is 6.04 Å². The molecular weight excluding hydrogens is 178 g/mol. The number of hydrogen-bond acceptors (Lipinski definition) is 3. The van der Waals surface area contributed by atoms with Crippen LogP contribution in [0.3, 0.4) is 0 Å². The summed E-state index contributed by atoms with van der Waals surface area (Å²) < 4.78 is 4.49. The summed E-state index contributed by atoms with van der Waals surface area (Å²) >= 11 is 0. The van der Waals surface area contributed by atoms with Crippen molar-refractivity contribution in [1.29, 1.82) is 0 Å². The van der Waals surface area contributed by atoms with Gasteiger partial charge in [-0.1, -0.05) is 20.8 Å². The van der Waals surface area contributed by atoms with Crippen LogP contribution in [0.1, 0.15) is 27.2 Å². The molecule has 74 valence electrons. The molecule has 3 nitrogen and oxygen atoms in total. The zero-order valence-corrected chi connectivity index (χ0v) is 8.90. The molecule has 0 aliphatic heterocycles. The third-order valence-corrected chi connectivity index (χ3v) is 1.34. The zero-order valence-electron chi connectivity index (χ0n) is 8.09. The van der Waals surface area contributed by atoms with Crippen molar-refractivity contribution < 1.29 is 9.53 Å². The standard InChI is InChI=1S/C8H17NO2.ClH/c1-8(2,3)5-6(9)7(10)11-4;/h6H,5,9H2,1-4H3;1H/t6-;/m0./s1. The maximum Gasteiger partial charge on any atom is 0.322 e. The molecule has 1 atom stereocenters. The Morgan fingerprint density at radius 2 is 1.92 bits per heavy atom. The fourth-order valence-corrected chi connectivity index (χ4v) is 0.894. The van der Waals surface area contributed by atoms with Crippen LogP contribution in [-0.4, -0.2) is 19.1 Å². The average Bonchev–Trinajstić information content (AvgIpc) is 1.82. The van der Waals surface area contributed by atoms with Crippen molar-refractivity contribution in [3.8, 4) is 0 Å². The molecule has 0 aliphatic carbocycles. The van der Waals surface area contributed by atoms with Crippen LogP contribution in [-0.2, 0) is 9.53 Å². The lowest BCUT2D eigenvalue weighted by Crippen LogP contribution is -2.35. The Kier molecular flexibility index (Phi) is 6.39. The Morgan fingerprint density at radius 3 is 2.17 bits per heavy atom. The highest BCUT2D eigenvalue weighted by Gasteiger charge is 2.21. The summed E-state index contributed by atoms with van der Waals surface area (Å²) in [5.41, 5.74) is 5.62.